The van der Waals surface area contributed by atoms with Gasteiger partial charge in [-0.2, -0.15) is 0 Å². The first kappa shape index (κ1) is 14.3. The lowest BCUT2D eigenvalue weighted by Crippen LogP contribution is -2.62. The Kier molecular flexibility index (Phi) is 4.45. The van der Waals surface area contributed by atoms with Crippen molar-refractivity contribution < 1.29 is 19.4 Å². The molecule has 1 saturated carbocycles. The van der Waals surface area contributed by atoms with Crippen molar-refractivity contribution in [1.82, 2.24) is 5.32 Å². The van der Waals surface area contributed by atoms with Crippen LogP contribution in [0.1, 0.15) is 51.9 Å². The lowest BCUT2D eigenvalue weighted by Gasteiger charge is -2.40. The average Bonchev–Trinajstić information content (AvgIpc) is 2.42. The summed E-state index contributed by atoms with van der Waals surface area (Å²) in [6, 6.07) is 0. The summed E-state index contributed by atoms with van der Waals surface area (Å²) < 4.78 is 5.44. The SMILES string of the molecule is CC1CCCCC1(NC(=O)C1CCCCO1)C(=O)O. The van der Waals surface area contributed by atoms with E-state index in [1.807, 2.05) is 6.92 Å². The lowest BCUT2D eigenvalue weighted by atomic mass is 9.73. The summed E-state index contributed by atoms with van der Waals surface area (Å²) in [5.41, 5.74) is -1.10. The van der Waals surface area contributed by atoms with Gasteiger partial charge in [0.2, 0.25) is 5.91 Å². The van der Waals surface area contributed by atoms with Crippen LogP contribution in [0.5, 0.6) is 0 Å². The number of amides is 1. The molecule has 0 aromatic rings. The number of rotatable bonds is 3. The van der Waals surface area contributed by atoms with Gasteiger partial charge in [-0.25, -0.2) is 4.79 Å². The molecule has 1 aliphatic carbocycles. The number of hydrogen-bond acceptors (Lipinski definition) is 3. The minimum atomic E-state index is -1.10. The van der Waals surface area contributed by atoms with Crippen LogP contribution >= 0.6 is 0 Å². The van der Waals surface area contributed by atoms with Gasteiger partial charge in [0.1, 0.15) is 11.6 Å². The Morgan fingerprint density at radius 1 is 1.21 bits per heavy atom. The minimum absolute atomic E-state index is 0.0358. The summed E-state index contributed by atoms with van der Waals surface area (Å²) in [7, 11) is 0. The van der Waals surface area contributed by atoms with Crippen molar-refractivity contribution in [2.75, 3.05) is 6.61 Å². The third-order valence-corrected chi connectivity index (χ3v) is 4.50. The zero-order chi connectivity index (χ0) is 13.9. The molecule has 2 aliphatic rings. The summed E-state index contributed by atoms with van der Waals surface area (Å²) in [5.74, 6) is -1.20. The fourth-order valence-corrected chi connectivity index (χ4v) is 3.15. The molecular formula is C14H23NO4. The van der Waals surface area contributed by atoms with Gasteiger partial charge in [0.05, 0.1) is 0 Å². The molecule has 1 aliphatic heterocycles. The van der Waals surface area contributed by atoms with Crippen LogP contribution in [0.25, 0.3) is 0 Å². The first-order chi connectivity index (χ1) is 9.06. The van der Waals surface area contributed by atoms with E-state index in [0.29, 0.717) is 19.4 Å². The van der Waals surface area contributed by atoms with E-state index in [2.05, 4.69) is 5.32 Å². The molecule has 2 N–H and O–H groups in total. The highest BCUT2D eigenvalue weighted by Gasteiger charge is 2.47. The average molecular weight is 269 g/mol. The van der Waals surface area contributed by atoms with Crippen molar-refractivity contribution in [3.8, 4) is 0 Å². The van der Waals surface area contributed by atoms with Crippen LogP contribution in [-0.4, -0.2) is 35.2 Å². The maximum atomic E-state index is 12.2. The van der Waals surface area contributed by atoms with E-state index in [1.165, 1.54) is 0 Å². The van der Waals surface area contributed by atoms with E-state index in [4.69, 9.17) is 4.74 Å². The molecule has 1 heterocycles. The van der Waals surface area contributed by atoms with Gasteiger partial charge in [0, 0.05) is 6.61 Å². The third kappa shape index (κ3) is 2.91. The second-order valence-electron chi connectivity index (χ2n) is 5.77. The van der Waals surface area contributed by atoms with Crippen molar-refractivity contribution in [3.63, 3.8) is 0 Å². The van der Waals surface area contributed by atoms with E-state index in [1.54, 1.807) is 0 Å². The summed E-state index contributed by atoms with van der Waals surface area (Å²) in [6.45, 7) is 2.50. The summed E-state index contributed by atoms with van der Waals surface area (Å²) in [4.78, 5) is 23.9. The molecule has 2 rings (SSSR count). The molecule has 5 heteroatoms. The van der Waals surface area contributed by atoms with Gasteiger partial charge in [0.15, 0.2) is 0 Å². The summed E-state index contributed by atoms with van der Waals surface area (Å²) in [5, 5.41) is 12.3. The van der Waals surface area contributed by atoms with Crippen LogP contribution < -0.4 is 5.32 Å². The number of carboxylic acid groups (broad SMARTS) is 1. The number of hydrogen-bond donors (Lipinski definition) is 2. The molecule has 0 spiro atoms. The van der Waals surface area contributed by atoms with E-state index < -0.39 is 17.6 Å². The Balaban J connectivity index is 2.07. The molecule has 19 heavy (non-hydrogen) atoms. The van der Waals surface area contributed by atoms with Gasteiger partial charge >= 0.3 is 5.97 Å². The number of aliphatic carboxylic acids is 1. The molecule has 3 unspecified atom stereocenters. The Morgan fingerprint density at radius 2 is 1.95 bits per heavy atom. The van der Waals surface area contributed by atoms with Gasteiger partial charge in [-0.3, -0.25) is 4.79 Å². The first-order valence-electron chi connectivity index (χ1n) is 7.23. The van der Waals surface area contributed by atoms with E-state index in [9.17, 15) is 14.7 Å². The van der Waals surface area contributed by atoms with Gasteiger partial charge < -0.3 is 15.2 Å². The normalized spacial score (nSPS) is 35.6. The van der Waals surface area contributed by atoms with Crippen LogP contribution in [0.3, 0.4) is 0 Å². The van der Waals surface area contributed by atoms with Crippen molar-refractivity contribution in [3.05, 3.63) is 0 Å². The highest BCUT2D eigenvalue weighted by molar-refractivity contribution is 5.89. The molecule has 1 amide bonds. The van der Waals surface area contributed by atoms with Crippen LogP contribution in [0.2, 0.25) is 0 Å². The lowest BCUT2D eigenvalue weighted by molar-refractivity contribution is -0.155. The van der Waals surface area contributed by atoms with Crippen molar-refractivity contribution in [2.24, 2.45) is 5.92 Å². The highest BCUT2D eigenvalue weighted by Crippen LogP contribution is 2.34. The largest absolute Gasteiger partial charge is 0.479 e. The van der Waals surface area contributed by atoms with E-state index in [0.717, 1.165) is 32.1 Å². The number of carboxylic acids is 1. The molecule has 0 aromatic carbocycles. The van der Waals surface area contributed by atoms with Gasteiger partial charge in [-0.05, 0) is 38.0 Å². The van der Waals surface area contributed by atoms with Crippen molar-refractivity contribution in [2.45, 2.75) is 63.5 Å². The highest BCUT2D eigenvalue weighted by atomic mass is 16.5. The number of ether oxygens (including phenoxy) is 1. The van der Waals surface area contributed by atoms with Gasteiger partial charge in [-0.1, -0.05) is 19.8 Å². The standard InChI is InChI=1S/C14H23NO4/c1-10-6-2-4-8-14(10,13(17)18)15-12(16)11-7-3-5-9-19-11/h10-11H,2-9H2,1H3,(H,15,16)(H,17,18). The second-order valence-corrected chi connectivity index (χ2v) is 5.77. The Bertz CT molecular complexity index is 351. The zero-order valence-corrected chi connectivity index (χ0v) is 11.5. The van der Waals surface area contributed by atoms with Gasteiger partial charge in [0.25, 0.3) is 0 Å². The smallest absolute Gasteiger partial charge is 0.329 e. The van der Waals surface area contributed by atoms with E-state index in [-0.39, 0.29) is 11.8 Å². The van der Waals surface area contributed by atoms with Crippen LogP contribution in [0.4, 0.5) is 0 Å². The Morgan fingerprint density at radius 3 is 2.53 bits per heavy atom. The fourth-order valence-electron chi connectivity index (χ4n) is 3.15. The predicted octanol–water partition coefficient (Wildman–Crippen LogP) is 1.71. The Labute approximate surface area is 113 Å². The Hall–Kier alpha value is -1.10. The molecule has 0 radical (unpaired) electrons. The third-order valence-electron chi connectivity index (χ3n) is 4.50. The zero-order valence-electron chi connectivity index (χ0n) is 11.5. The molecular weight excluding hydrogens is 246 g/mol. The number of carbonyl (C=O) groups is 2. The van der Waals surface area contributed by atoms with E-state index >= 15 is 0 Å². The quantitative estimate of drug-likeness (QED) is 0.817. The molecule has 2 fully saturated rings. The molecule has 1 saturated heterocycles. The monoisotopic (exact) mass is 269 g/mol. The number of carbonyl (C=O) groups excluding carboxylic acids is 1. The van der Waals surface area contributed by atoms with Crippen LogP contribution in [0, 0.1) is 5.92 Å². The minimum Gasteiger partial charge on any atom is -0.479 e. The van der Waals surface area contributed by atoms with Crippen LogP contribution in [0.15, 0.2) is 0 Å². The summed E-state index contributed by atoms with van der Waals surface area (Å²) >= 11 is 0. The second kappa shape index (κ2) is 5.90. The van der Waals surface area contributed by atoms with Gasteiger partial charge in [-0.15, -0.1) is 0 Å². The topological polar surface area (TPSA) is 75.6 Å². The molecule has 0 aromatic heterocycles. The maximum Gasteiger partial charge on any atom is 0.329 e. The first-order valence-corrected chi connectivity index (χ1v) is 7.23. The molecule has 108 valence electrons. The van der Waals surface area contributed by atoms with Crippen molar-refractivity contribution >= 4 is 11.9 Å². The van der Waals surface area contributed by atoms with Crippen molar-refractivity contribution in [1.29, 1.82) is 0 Å². The number of nitrogens with one attached hydrogen (secondary N) is 1. The molecule has 5 nitrogen and oxygen atoms in total. The predicted molar refractivity (Wildman–Crippen MR) is 69.7 cm³/mol. The maximum absolute atomic E-state index is 12.2. The fraction of sp³-hybridized carbons (Fsp3) is 0.857. The van der Waals surface area contributed by atoms with Crippen LogP contribution in [-0.2, 0) is 14.3 Å². The summed E-state index contributed by atoms with van der Waals surface area (Å²) in [6.07, 6.45) is 5.40. The molecule has 3 atom stereocenters. The molecule has 0 bridgehead atoms.